The molecule has 5 nitrogen and oxygen atoms in total. The molecule has 0 amide bonds. The minimum atomic E-state index is 0.0236. The molecular weight excluding hydrogens is 300 g/mol. The molecule has 3 N–H and O–H groups in total. The van der Waals surface area contributed by atoms with Gasteiger partial charge in [-0.15, -0.1) is 0 Å². The highest BCUT2D eigenvalue weighted by atomic mass is 35.5. The van der Waals surface area contributed by atoms with Crippen LogP contribution in [0.4, 0.5) is 5.69 Å². The SMILES string of the molecule is NC(=NCC1(CO)CC1)N1CCN(c2ccc(Cl)cc2)CC1. The van der Waals surface area contributed by atoms with Crippen molar-refractivity contribution in [3.05, 3.63) is 29.3 Å². The van der Waals surface area contributed by atoms with Gasteiger partial charge in [-0.05, 0) is 37.1 Å². The summed E-state index contributed by atoms with van der Waals surface area (Å²) in [5, 5.41) is 10.1. The topological polar surface area (TPSA) is 65.1 Å². The van der Waals surface area contributed by atoms with E-state index in [2.05, 4.69) is 14.8 Å². The Morgan fingerprint density at radius 3 is 2.36 bits per heavy atom. The van der Waals surface area contributed by atoms with Crippen LogP contribution in [0.1, 0.15) is 12.8 Å². The molecule has 1 aliphatic heterocycles. The summed E-state index contributed by atoms with van der Waals surface area (Å²) in [6.45, 7) is 4.43. The second-order valence-corrected chi connectivity index (χ2v) is 6.72. The molecular formula is C16H23ClN4O. The maximum absolute atomic E-state index is 9.32. The Balaban J connectivity index is 1.52. The average Bonchev–Trinajstić information content (AvgIpc) is 3.34. The first-order valence-corrected chi connectivity index (χ1v) is 8.16. The predicted octanol–water partition coefficient (Wildman–Crippen LogP) is 1.55. The highest BCUT2D eigenvalue weighted by Gasteiger charge is 2.41. The van der Waals surface area contributed by atoms with Crippen LogP contribution in [0.25, 0.3) is 0 Å². The Labute approximate surface area is 136 Å². The van der Waals surface area contributed by atoms with Crippen molar-refractivity contribution in [3.8, 4) is 0 Å². The molecule has 0 atom stereocenters. The molecule has 1 aromatic rings. The third kappa shape index (κ3) is 3.47. The van der Waals surface area contributed by atoms with E-state index in [0.717, 1.165) is 44.0 Å². The van der Waals surface area contributed by atoms with Crippen LogP contribution in [0.3, 0.4) is 0 Å². The number of anilines is 1. The first-order valence-electron chi connectivity index (χ1n) is 7.78. The van der Waals surface area contributed by atoms with E-state index < -0.39 is 0 Å². The van der Waals surface area contributed by atoms with Crippen molar-refractivity contribution in [2.45, 2.75) is 12.8 Å². The number of piperazine rings is 1. The molecule has 0 radical (unpaired) electrons. The summed E-state index contributed by atoms with van der Waals surface area (Å²) in [6.07, 6.45) is 2.12. The lowest BCUT2D eigenvalue weighted by Gasteiger charge is -2.36. The number of guanidine groups is 1. The fraction of sp³-hybridized carbons (Fsp3) is 0.562. The van der Waals surface area contributed by atoms with E-state index in [-0.39, 0.29) is 12.0 Å². The quantitative estimate of drug-likeness (QED) is 0.652. The van der Waals surface area contributed by atoms with Crippen molar-refractivity contribution in [2.75, 3.05) is 44.2 Å². The molecule has 0 aromatic heterocycles. The number of halogens is 1. The number of hydrogen-bond donors (Lipinski definition) is 2. The van der Waals surface area contributed by atoms with Crippen molar-refractivity contribution in [1.82, 2.24) is 4.90 Å². The summed E-state index contributed by atoms with van der Waals surface area (Å²) < 4.78 is 0. The largest absolute Gasteiger partial charge is 0.396 e. The zero-order chi connectivity index (χ0) is 15.6. The number of hydrogen-bond acceptors (Lipinski definition) is 3. The molecule has 0 bridgehead atoms. The smallest absolute Gasteiger partial charge is 0.191 e. The van der Waals surface area contributed by atoms with Gasteiger partial charge in [-0.25, -0.2) is 0 Å². The number of aliphatic imine (C=N–C) groups is 1. The Morgan fingerprint density at radius 2 is 1.82 bits per heavy atom. The second kappa shape index (κ2) is 6.34. The van der Waals surface area contributed by atoms with Crippen molar-refractivity contribution < 1.29 is 5.11 Å². The van der Waals surface area contributed by atoms with Gasteiger partial charge in [0.05, 0.1) is 13.2 Å². The molecule has 0 unspecified atom stereocenters. The molecule has 22 heavy (non-hydrogen) atoms. The molecule has 1 heterocycles. The lowest BCUT2D eigenvalue weighted by Crippen LogP contribution is -2.51. The molecule has 0 spiro atoms. The van der Waals surface area contributed by atoms with Crippen LogP contribution in [-0.4, -0.2) is 55.3 Å². The summed E-state index contributed by atoms with van der Waals surface area (Å²) in [7, 11) is 0. The van der Waals surface area contributed by atoms with Gasteiger partial charge in [-0.2, -0.15) is 0 Å². The van der Waals surface area contributed by atoms with Gasteiger partial charge in [0.15, 0.2) is 5.96 Å². The highest BCUT2D eigenvalue weighted by molar-refractivity contribution is 6.30. The van der Waals surface area contributed by atoms with E-state index in [1.165, 1.54) is 5.69 Å². The predicted molar refractivity (Wildman–Crippen MR) is 90.5 cm³/mol. The number of rotatable bonds is 4. The van der Waals surface area contributed by atoms with Gasteiger partial charge in [0.1, 0.15) is 0 Å². The molecule has 120 valence electrons. The van der Waals surface area contributed by atoms with Gasteiger partial charge >= 0.3 is 0 Å². The van der Waals surface area contributed by atoms with E-state index in [9.17, 15) is 5.11 Å². The lowest BCUT2D eigenvalue weighted by molar-refractivity contribution is 0.216. The Kier molecular flexibility index (Phi) is 4.45. The molecule has 1 saturated carbocycles. The third-order valence-corrected chi connectivity index (χ3v) is 4.92. The lowest BCUT2D eigenvalue weighted by atomic mass is 10.1. The molecule has 2 aliphatic rings. The van der Waals surface area contributed by atoms with Crippen LogP contribution in [-0.2, 0) is 0 Å². The number of benzene rings is 1. The number of aliphatic hydroxyl groups excluding tert-OH is 1. The molecule has 2 fully saturated rings. The average molecular weight is 323 g/mol. The molecule has 1 saturated heterocycles. The van der Waals surface area contributed by atoms with Gasteiger partial charge in [0.2, 0.25) is 0 Å². The first-order chi connectivity index (χ1) is 10.6. The van der Waals surface area contributed by atoms with Crippen molar-refractivity contribution in [2.24, 2.45) is 16.1 Å². The standard InChI is InChI=1S/C16H23ClN4O/c17-13-1-3-14(4-2-13)20-7-9-21(10-8-20)15(18)19-11-16(12-22)5-6-16/h1-4,22H,5-12H2,(H2,18,19). The molecule has 6 heteroatoms. The van der Waals surface area contributed by atoms with Crippen LogP contribution >= 0.6 is 11.6 Å². The maximum atomic E-state index is 9.32. The second-order valence-electron chi connectivity index (χ2n) is 6.28. The number of nitrogens with zero attached hydrogens (tertiary/aromatic N) is 3. The van der Waals surface area contributed by atoms with Crippen LogP contribution in [0.2, 0.25) is 5.02 Å². The summed E-state index contributed by atoms with van der Waals surface area (Å²) in [5.41, 5.74) is 7.32. The maximum Gasteiger partial charge on any atom is 0.191 e. The minimum Gasteiger partial charge on any atom is -0.396 e. The Morgan fingerprint density at radius 1 is 1.18 bits per heavy atom. The van der Waals surface area contributed by atoms with Crippen molar-refractivity contribution in [1.29, 1.82) is 0 Å². The zero-order valence-corrected chi connectivity index (χ0v) is 13.5. The summed E-state index contributed by atoms with van der Waals surface area (Å²) in [5.74, 6) is 0.607. The van der Waals surface area contributed by atoms with Gasteiger partial charge < -0.3 is 20.6 Å². The van der Waals surface area contributed by atoms with Gasteiger partial charge in [-0.3, -0.25) is 4.99 Å². The van der Waals surface area contributed by atoms with Crippen LogP contribution in [0.15, 0.2) is 29.3 Å². The Bertz CT molecular complexity index is 534. The fourth-order valence-corrected chi connectivity index (χ4v) is 2.86. The van der Waals surface area contributed by atoms with Crippen molar-refractivity contribution >= 4 is 23.2 Å². The first kappa shape index (κ1) is 15.4. The van der Waals surface area contributed by atoms with Crippen LogP contribution in [0, 0.1) is 5.41 Å². The highest BCUT2D eigenvalue weighted by Crippen LogP contribution is 2.45. The Hall–Kier alpha value is -1.46. The summed E-state index contributed by atoms with van der Waals surface area (Å²) in [6, 6.07) is 7.94. The molecule has 3 rings (SSSR count). The fourth-order valence-electron chi connectivity index (χ4n) is 2.74. The van der Waals surface area contributed by atoms with Gasteiger partial charge in [0.25, 0.3) is 0 Å². The minimum absolute atomic E-state index is 0.0236. The van der Waals surface area contributed by atoms with E-state index in [1.807, 2.05) is 24.3 Å². The van der Waals surface area contributed by atoms with E-state index in [0.29, 0.717) is 12.5 Å². The number of nitrogens with two attached hydrogens (primary N) is 1. The number of aliphatic hydroxyl groups is 1. The van der Waals surface area contributed by atoms with E-state index in [1.54, 1.807) is 0 Å². The molecule has 1 aromatic carbocycles. The van der Waals surface area contributed by atoms with E-state index in [4.69, 9.17) is 17.3 Å². The zero-order valence-electron chi connectivity index (χ0n) is 12.7. The monoisotopic (exact) mass is 322 g/mol. The third-order valence-electron chi connectivity index (χ3n) is 4.66. The van der Waals surface area contributed by atoms with Crippen molar-refractivity contribution in [3.63, 3.8) is 0 Å². The van der Waals surface area contributed by atoms with E-state index >= 15 is 0 Å². The van der Waals surface area contributed by atoms with Crippen LogP contribution in [0.5, 0.6) is 0 Å². The normalized spacial score (nSPS) is 21.1. The van der Waals surface area contributed by atoms with Crippen LogP contribution < -0.4 is 10.6 Å². The summed E-state index contributed by atoms with van der Waals surface area (Å²) in [4.78, 5) is 8.94. The van der Waals surface area contributed by atoms with Gasteiger partial charge in [0, 0.05) is 42.3 Å². The van der Waals surface area contributed by atoms with Gasteiger partial charge in [-0.1, -0.05) is 11.6 Å². The summed E-state index contributed by atoms with van der Waals surface area (Å²) >= 11 is 5.93. The molecule has 1 aliphatic carbocycles.